The Bertz CT molecular complexity index is 878. The maximum Gasteiger partial charge on any atom is 0.169 e. The lowest BCUT2D eigenvalue weighted by Gasteiger charge is -2.49. The van der Waals surface area contributed by atoms with Gasteiger partial charge in [0.05, 0.1) is 0 Å². The van der Waals surface area contributed by atoms with Crippen molar-refractivity contribution >= 4 is 33.9 Å². The van der Waals surface area contributed by atoms with E-state index >= 15 is 0 Å². The summed E-state index contributed by atoms with van der Waals surface area (Å²) in [6.07, 6.45) is 3.68. The van der Waals surface area contributed by atoms with Gasteiger partial charge in [-0.25, -0.2) is 8.78 Å². The predicted molar refractivity (Wildman–Crippen MR) is 122 cm³/mol. The van der Waals surface area contributed by atoms with Gasteiger partial charge in [0.25, 0.3) is 0 Å². The van der Waals surface area contributed by atoms with E-state index in [1.54, 1.807) is 11.9 Å². The Kier molecular flexibility index (Phi) is 7.08. The van der Waals surface area contributed by atoms with E-state index < -0.39 is 11.6 Å². The Hall–Kier alpha value is -2.26. The molecule has 6 N–H and O–H groups in total. The lowest BCUT2D eigenvalue weighted by Crippen LogP contribution is -2.62. The van der Waals surface area contributed by atoms with Crippen LogP contribution in [0.1, 0.15) is 51.7 Å². The van der Waals surface area contributed by atoms with Gasteiger partial charge in [-0.05, 0) is 70.5 Å². The average molecular weight is 437 g/mol. The van der Waals surface area contributed by atoms with Gasteiger partial charge in [0.2, 0.25) is 0 Å². The van der Waals surface area contributed by atoms with Crippen LogP contribution in [0.15, 0.2) is 18.2 Å². The minimum atomic E-state index is -1.19. The van der Waals surface area contributed by atoms with Gasteiger partial charge in [0.1, 0.15) is 5.04 Å². The first kappa shape index (κ1) is 24.0. The second-order valence-corrected chi connectivity index (χ2v) is 9.88. The molecule has 0 amide bonds. The molecule has 0 unspecified atom stereocenters. The number of piperidine rings is 1. The molecule has 6 nitrogen and oxygen atoms in total. The number of halogens is 2. The molecule has 0 radical (unpaired) electrons. The molecule has 2 rings (SSSR count). The fourth-order valence-corrected chi connectivity index (χ4v) is 4.81. The molecule has 1 aliphatic rings. The van der Waals surface area contributed by atoms with Crippen LogP contribution in [0.25, 0.3) is 5.70 Å². The van der Waals surface area contributed by atoms with Crippen LogP contribution in [0.2, 0.25) is 0 Å². The second-order valence-electron chi connectivity index (χ2n) is 8.88. The molecule has 0 spiro atoms. The molecule has 0 aromatic heterocycles. The quantitative estimate of drug-likeness (QED) is 0.360. The number of amidine groups is 1. The topological polar surface area (TPSA) is 113 Å². The number of thioether (sulfide) groups is 1. The smallest absolute Gasteiger partial charge is 0.169 e. The molecular weight excluding hydrogens is 406 g/mol. The number of benzene rings is 1. The molecule has 1 aromatic carbocycles. The van der Waals surface area contributed by atoms with Crippen molar-refractivity contribution in [3.63, 3.8) is 0 Å². The Morgan fingerprint density at radius 2 is 1.63 bits per heavy atom. The number of nitrogens with zero attached hydrogens (tertiary/aromatic N) is 1. The monoisotopic (exact) mass is 436 g/mol. The van der Waals surface area contributed by atoms with Gasteiger partial charge < -0.3 is 21.4 Å². The van der Waals surface area contributed by atoms with Gasteiger partial charge in [0.15, 0.2) is 16.8 Å². The van der Waals surface area contributed by atoms with E-state index in [1.807, 2.05) is 0 Å². The van der Waals surface area contributed by atoms with Crippen LogP contribution in [0, 0.1) is 27.9 Å². The minimum absolute atomic E-state index is 0.0734. The maximum absolute atomic E-state index is 14.6. The van der Waals surface area contributed by atoms with Crippen molar-refractivity contribution in [2.45, 2.75) is 57.7 Å². The molecule has 1 aliphatic heterocycles. The number of rotatable bonds is 4. The van der Waals surface area contributed by atoms with Gasteiger partial charge in [-0.1, -0.05) is 0 Å². The number of nitrogens with two attached hydrogens (primary N) is 1. The average Bonchev–Trinajstić information content (AvgIpc) is 2.60. The molecular formula is C21H30F2N6S. The molecule has 1 heterocycles. The van der Waals surface area contributed by atoms with E-state index in [0.717, 1.165) is 36.9 Å². The summed E-state index contributed by atoms with van der Waals surface area (Å²) in [6.45, 7) is 8.47. The third-order valence-corrected chi connectivity index (χ3v) is 6.04. The predicted octanol–water partition coefficient (Wildman–Crippen LogP) is 4.15. The van der Waals surface area contributed by atoms with E-state index in [4.69, 9.17) is 22.0 Å². The van der Waals surface area contributed by atoms with Gasteiger partial charge in [-0.2, -0.15) is 0 Å². The summed E-state index contributed by atoms with van der Waals surface area (Å²) in [5, 5.41) is 27.1. The molecule has 0 bridgehead atoms. The third-order valence-electron chi connectivity index (χ3n) is 5.14. The zero-order chi connectivity index (χ0) is 22.9. The maximum atomic E-state index is 14.6. The number of hydrogen-bond donors (Lipinski definition) is 5. The lowest BCUT2D eigenvalue weighted by atomic mass is 9.79. The highest BCUT2D eigenvalue weighted by atomic mass is 32.2. The van der Waals surface area contributed by atoms with Crippen molar-refractivity contribution in [2.24, 2.45) is 5.73 Å². The zero-order valence-electron chi connectivity index (χ0n) is 18.0. The number of nitrogens with one attached hydrogen (secondary N) is 4. The molecule has 164 valence electrons. The van der Waals surface area contributed by atoms with Crippen LogP contribution in [0.5, 0.6) is 0 Å². The summed E-state index contributed by atoms with van der Waals surface area (Å²) in [5.41, 5.74) is 4.98. The molecule has 30 heavy (non-hydrogen) atoms. The van der Waals surface area contributed by atoms with Crippen molar-refractivity contribution in [3.8, 4) is 0 Å². The Labute approximate surface area is 180 Å². The van der Waals surface area contributed by atoms with Crippen molar-refractivity contribution in [2.75, 3.05) is 7.05 Å². The molecule has 0 saturated carbocycles. The Morgan fingerprint density at radius 3 is 2.17 bits per heavy atom. The first-order valence-corrected chi connectivity index (χ1v) is 10.4. The van der Waals surface area contributed by atoms with E-state index in [1.165, 1.54) is 12.1 Å². The molecule has 0 aliphatic carbocycles. The van der Waals surface area contributed by atoms with Gasteiger partial charge in [0, 0.05) is 47.2 Å². The molecule has 1 aromatic rings. The van der Waals surface area contributed by atoms with Crippen LogP contribution in [-0.4, -0.2) is 45.5 Å². The van der Waals surface area contributed by atoms with Crippen molar-refractivity contribution in [1.82, 2.24) is 10.2 Å². The van der Waals surface area contributed by atoms with E-state index in [9.17, 15) is 8.78 Å². The second kappa shape index (κ2) is 8.85. The SMILES string of the molecule is CN(C(=N)SC(=N)c1ccc(/C(N)=C/C=N)c(F)c1F)C1CC(C)(C)NC(C)(C)C1. The van der Waals surface area contributed by atoms with Gasteiger partial charge in [-0.15, -0.1) is 0 Å². The normalized spacial score (nSPS) is 18.7. The third kappa shape index (κ3) is 5.46. The van der Waals surface area contributed by atoms with Crippen molar-refractivity contribution in [3.05, 3.63) is 41.0 Å². The fourth-order valence-electron chi connectivity index (χ4n) is 4.06. The zero-order valence-corrected chi connectivity index (χ0v) is 18.8. The summed E-state index contributed by atoms with van der Waals surface area (Å²) in [6, 6.07) is 2.64. The van der Waals surface area contributed by atoms with Crippen LogP contribution in [-0.2, 0) is 0 Å². The molecule has 0 atom stereocenters. The number of allylic oxidation sites excluding steroid dienone is 1. The molecule has 9 heteroatoms. The highest BCUT2D eigenvalue weighted by Gasteiger charge is 2.39. The highest BCUT2D eigenvalue weighted by Crippen LogP contribution is 2.32. The molecule has 1 fully saturated rings. The Morgan fingerprint density at radius 1 is 1.13 bits per heavy atom. The standard InChI is InChI=1S/C21H30F2N6S/c1-20(2)10-12(11-21(3,4)28-20)29(5)19(27)30-18(26)14-7-6-13(15(25)8-9-24)16(22)17(14)23/h6-9,12,24,26-28H,10-11,25H2,1-5H3/b15-8-,24-9?,26-18?,27-19?. The van der Waals surface area contributed by atoms with Crippen LogP contribution < -0.4 is 11.1 Å². The lowest BCUT2D eigenvalue weighted by molar-refractivity contribution is 0.114. The first-order chi connectivity index (χ1) is 13.8. The van der Waals surface area contributed by atoms with E-state index in [0.29, 0.717) is 0 Å². The van der Waals surface area contributed by atoms with Gasteiger partial charge >= 0.3 is 0 Å². The van der Waals surface area contributed by atoms with Crippen molar-refractivity contribution < 1.29 is 8.78 Å². The van der Waals surface area contributed by atoms with E-state index in [2.05, 4.69) is 33.0 Å². The van der Waals surface area contributed by atoms with Gasteiger partial charge in [-0.3, -0.25) is 10.8 Å². The largest absolute Gasteiger partial charge is 0.398 e. The number of hydrogen-bond acceptors (Lipinski definition) is 6. The summed E-state index contributed by atoms with van der Waals surface area (Å²) in [5.74, 6) is -2.36. The highest BCUT2D eigenvalue weighted by molar-refractivity contribution is 8.26. The summed E-state index contributed by atoms with van der Waals surface area (Å²) < 4.78 is 29.0. The van der Waals surface area contributed by atoms with Crippen LogP contribution in [0.3, 0.4) is 0 Å². The van der Waals surface area contributed by atoms with E-state index in [-0.39, 0.29) is 44.2 Å². The molecule has 1 saturated heterocycles. The van der Waals surface area contributed by atoms with Crippen molar-refractivity contribution in [1.29, 1.82) is 16.2 Å². The first-order valence-electron chi connectivity index (χ1n) is 9.60. The minimum Gasteiger partial charge on any atom is -0.398 e. The van der Waals surface area contributed by atoms with Crippen LogP contribution >= 0.6 is 11.8 Å². The van der Waals surface area contributed by atoms with Crippen LogP contribution in [0.4, 0.5) is 8.78 Å². The summed E-state index contributed by atoms with van der Waals surface area (Å²) >= 11 is 0.786. The Balaban J connectivity index is 2.17. The summed E-state index contributed by atoms with van der Waals surface area (Å²) in [7, 11) is 1.80. The summed E-state index contributed by atoms with van der Waals surface area (Å²) in [4.78, 5) is 1.80. The fraction of sp³-hybridized carbons (Fsp3) is 0.476.